The second-order valence-electron chi connectivity index (χ2n) is 8.90. The minimum atomic E-state index is 0.0552. The van der Waals surface area contributed by atoms with Crippen LogP contribution in [0.2, 0.25) is 0 Å². The lowest BCUT2D eigenvalue weighted by Gasteiger charge is -2.27. The van der Waals surface area contributed by atoms with E-state index in [0.717, 1.165) is 63.2 Å². The Balaban J connectivity index is 1.29. The van der Waals surface area contributed by atoms with Gasteiger partial charge in [-0.1, -0.05) is 19.3 Å². The number of rotatable bonds is 5. The highest BCUT2D eigenvalue weighted by Gasteiger charge is 2.28. The number of nitrogens with one attached hydrogen (secondary N) is 1. The van der Waals surface area contributed by atoms with Crippen LogP contribution in [0.25, 0.3) is 0 Å². The number of piperidine rings is 1. The zero-order valence-corrected chi connectivity index (χ0v) is 18.4. The number of hydrogen-bond donors (Lipinski definition) is 1. The monoisotopic (exact) mass is 417 g/mol. The molecule has 3 heterocycles. The minimum Gasteiger partial charge on any atom is -0.355 e. The van der Waals surface area contributed by atoms with Crippen molar-refractivity contribution in [3.8, 4) is 0 Å². The fraction of sp³-hybridized carbons (Fsp3) is 0.739. The maximum atomic E-state index is 12.9. The van der Waals surface area contributed by atoms with Crippen LogP contribution in [0.1, 0.15) is 71.5 Å². The molecule has 0 aromatic carbocycles. The predicted molar refractivity (Wildman–Crippen MR) is 118 cm³/mol. The van der Waals surface area contributed by atoms with Gasteiger partial charge in [0, 0.05) is 37.0 Å². The number of likely N-dealkylation sites (tertiary alicyclic amines) is 2. The molecule has 1 atom stereocenters. The van der Waals surface area contributed by atoms with Crippen molar-refractivity contribution in [3.63, 3.8) is 0 Å². The molecule has 1 aliphatic carbocycles. The fourth-order valence-corrected chi connectivity index (χ4v) is 6.12. The van der Waals surface area contributed by atoms with E-state index in [0.29, 0.717) is 0 Å². The third-order valence-electron chi connectivity index (χ3n) is 6.73. The van der Waals surface area contributed by atoms with Gasteiger partial charge in [0.2, 0.25) is 5.91 Å². The van der Waals surface area contributed by atoms with Crippen molar-refractivity contribution in [1.29, 1.82) is 0 Å². The van der Waals surface area contributed by atoms with Gasteiger partial charge < -0.3 is 15.1 Å². The van der Waals surface area contributed by atoms with Gasteiger partial charge in [0.25, 0.3) is 5.91 Å². The van der Waals surface area contributed by atoms with Crippen LogP contribution in [0.15, 0.2) is 6.07 Å². The van der Waals surface area contributed by atoms with E-state index in [2.05, 4.69) is 16.3 Å². The van der Waals surface area contributed by atoms with Crippen LogP contribution in [0.4, 0.5) is 0 Å². The highest BCUT2D eigenvalue weighted by molar-refractivity contribution is 7.14. The van der Waals surface area contributed by atoms with E-state index < -0.39 is 0 Å². The van der Waals surface area contributed by atoms with Crippen molar-refractivity contribution in [2.75, 3.05) is 39.3 Å². The number of aryl methyl sites for hydroxylation is 1. The highest BCUT2D eigenvalue weighted by atomic mass is 32.1. The number of nitrogens with zero attached hydrogens (tertiary/aromatic N) is 2. The number of carbonyl (C=O) groups is 2. The lowest BCUT2D eigenvalue weighted by atomic mass is 9.87. The van der Waals surface area contributed by atoms with Crippen LogP contribution >= 0.6 is 11.3 Å². The van der Waals surface area contributed by atoms with Gasteiger partial charge in [0.15, 0.2) is 0 Å². The van der Waals surface area contributed by atoms with E-state index in [1.165, 1.54) is 55.6 Å². The summed E-state index contributed by atoms with van der Waals surface area (Å²) >= 11 is 1.66. The van der Waals surface area contributed by atoms with Crippen LogP contribution in [-0.4, -0.2) is 60.9 Å². The van der Waals surface area contributed by atoms with Crippen molar-refractivity contribution < 1.29 is 9.59 Å². The van der Waals surface area contributed by atoms with Crippen molar-refractivity contribution in [2.24, 2.45) is 5.92 Å². The van der Waals surface area contributed by atoms with E-state index in [-0.39, 0.29) is 17.7 Å². The summed E-state index contributed by atoms with van der Waals surface area (Å²) in [4.78, 5) is 32.3. The fourth-order valence-electron chi connectivity index (χ4n) is 4.95. The van der Waals surface area contributed by atoms with Crippen LogP contribution in [0, 0.1) is 5.92 Å². The third kappa shape index (κ3) is 5.40. The summed E-state index contributed by atoms with van der Waals surface area (Å²) in [5.74, 6) is 0.452. The molecule has 4 rings (SSSR count). The molecule has 160 valence electrons. The summed E-state index contributed by atoms with van der Waals surface area (Å²) < 4.78 is 0. The van der Waals surface area contributed by atoms with Crippen LogP contribution in [0.5, 0.6) is 0 Å². The lowest BCUT2D eigenvalue weighted by Crippen LogP contribution is -2.40. The number of fused-ring (bicyclic) bond motifs is 1. The quantitative estimate of drug-likeness (QED) is 0.798. The SMILES string of the molecule is O=C(NCCN1CCCCC1)[C@@H]1CCc2sc(C(=O)N3CCCCCC3)cc2C1. The topological polar surface area (TPSA) is 52.7 Å². The second-order valence-corrected chi connectivity index (χ2v) is 10.0. The number of amides is 2. The summed E-state index contributed by atoms with van der Waals surface area (Å²) in [6, 6.07) is 2.08. The summed E-state index contributed by atoms with van der Waals surface area (Å²) in [5.41, 5.74) is 1.23. The molecule has 6 heteroatoms. The maximum absolute atomic E-state index is 12.9. The Morgan fingerprint density at radius 2 is 1.69 bits per heavy atom. The molecule has 2 saturated heterocycles. The van der Waals surface area contributed by atoms with E-state index in [1.54, 1.807) is 11.3 Å². The first-order chi connectivity index (χ1) is 14.2. The van der Waals surface area contributed by atoms with E-state index in [1.807, 2.05) is 4.90 Å². The second kappa shape index (κ2) is 10.1. The van der Waals surface area contributed by atoms with Gasteiger partial charge in [0.1, 0.15) is 0 Å². The molecule has 0 bridgehead atoms. The average molecular weight is 418 g/mol. The molecule has 1 aromatic heterocycles. The average Bonchev–Trinajstić information content (AvgIpc) is 2.99. The molecule has 2 amide bonds. The van der Waals surface area contributed by atoms with Gasteiger partial charge in [-0.15, -0.1) is 11.3 Å². The Labute approximate surface area is 178 Å². The smallest absolute Gasteiger partial charge is 0.263 e. The predicted octanol–water partition coefficient (Wildman–Crippen LogP) is 3.47. The zero-order valence-electron chi connectivity index (χ0n) is 17.6. The molecule has 3 aliphatic rings. The van der Waals surface area contributed by atoms with Gasteiger partial charge in [-0.3, -0.25) is 9.59 Å². The van der Waals surface area contributed by atoms with Crippen molar-refractivity contribution in [2.45, 2.75) is 64.2 Å². The Bertz CT molecular complexity index is 703. The number of carbonyl (C=O) groups excluding carboxylic acids is 2. The summed E-state index contributed by atoms with van der Waals surface area (Å²) in [6.07, 6.45) is 11.3. The molecule has 1 aromatic rings. The number of hydrogen-bond acceptors (Lipinski definition) is 4. The van der Waals surface area contributed by atoms with E-state index >= 15 is 0 Å². The van der Waals surface area contributed by atoms with Crippen molar-refractivity contribution in [3.05, 3.63) is 21.4 Å². The lowest BCUT2D eigenvalue weighted by molar-refractivity contribution is -0.125. The molecular formula is C23H35N3O2S. The molecule has 1 N–H and O–H groups in total. The Hall–Kier alpha value is -1.40. The third-order valence-corrected chi connectivity index (χ3v) is 7.96. The van der Waals surface area contributed by atoms with Gasteiger partial charge in [0.05, 0.1) is 4.88 Å². The maximum Gasteiger partial charge on any atom is 0.263 e. The van der Waals surface area contributed by atoms with E-state index in [4.69, 9.17) is 0 Å². The Kier molecular flexibility index (Phi) is 7.24. The molecule has 0 unspecified atom stereocenters. The summed E-state index contributed by atoms with van der Waals surface area (Å²) in [7, 11) is 0. The molecule has 5 nitrogen and oxygen atoms in total. The van der Waals surface area contributed by atoms with Gasteiger partial charge in [-0.25, -0.2) is 0 Å². The van der Waals surface area contributed by atoms with Gasteiger partial charge in [-0.2, -0.15) is 0 Å². The summed E-state index contributed by atoms with van der Waals surface area (Å²) in [5, 5.41) is 3.17. The van der Waals surface area contributed by atoms with Crippen LogP contribution in [-0.2, 0) is 17.6 Å². The first-order valence-electron chi connectivity index (χ1n) is 11.6. The largest absolute Gasteiger partial charge is 0.355 e. The standard InChI is InChI=1S/C23H35N3O2S/c27-22(24-10-15-25-11-4-3-5-12-25)18-8-9-20-19(16-18)17-21(29-20)23(28)26-13-6-1-2-7-14-26/h17-18H,1-16H2,(H,24,27)/t18-/m1/s1. The molecule has 0 spiro atoms. The zero-order chi connectivity index (χ0) is 20.1. The first kappa shape index (κ1) is 20.9. The number of thiophene rings is 1. The van der Waals surface area contributed by atoms with Crippen LogP contribution < -0.4 is 5.32 Å². The Morgan fingerprint density at radius 3 is 2.45 bits per heavy atom. The van der Waals surface area contributed by atoms with Crippen molar-refractivity contribution >= 4 is 23.2 Å². The summed E-state index contributed by atoms with van der Waals surface area (Å²) in [6.45, 7) is 5.85. The molecular weight excluding hydrogens is 382 g/mol. The highest BCUT2D eigenvalue weighted by Crippen LogP contribution is 2.33. The normalized spacial score (nSPS) is 23.3. The molecule has 2 fully saturated rings. The molecule has 29 heavy (non-hydrogen) atoms. The van der Waals surface area contributed by atoms with Gasteiger partial charge in [-0.05, 0) is 69.7 Å². The Morgan fingerprint density at radius 1 is 1.00 bits per heavy atom. The molecule has 2 aliphatic heterocycles. The van der Waals surface area contributed by atoms with Crippen LogP contribution in [0.3, 0.4) is 0 Å². The van der Waals surface area contributed by atoms with Gasteiger partial charge >= 0.3 is 0 Å². The van der Waals surface area contributed by atoms with E-state index in [9.17, 15) is 9.59 Å². The molecule has 0 saturated carbocycles. The first-order valence-corrected chi connectivity index (χ1v) is 12.4. The van der Waals surface area contributed by atoms with Crippen molar-refractivity contribution in [1.82, 2.24) is 15.1 Å². The minimum absolute atomic E-state index is 0.0552. The molecule has 0 radical (unpaired) electrons.